The Kier molecular flexibility index (Phi) is 3.09. The molecule has 88 valence electrons. The summed E-state index contributed by atoms with van der Waals surface area (Å²) in [6.45, 7) is 0.373. The number of anilines is 1. The van der Waals surface area contributed by atoms with Crippen molar-refractivity contribution >= 4 is 11.6 Å². The van der Waals surface area contributed by atoms with Crippen LogP contribution in [-0.4, -0.2) is 10.9 Å². The molecule has 4 N–H and O–H groups in total. The van der Waals surface area contributed by atoms with Crippen LogP contribution in [0.4, 0.5) is 10.1 Å². The third kappa shape index (κ3) is 2.63. The Morgan fingerprint density at radius 3 is 2.94 bits per heavy atom. The SMILES string of the molecule is Nc1ccc(F)cc1C(=O)NCc1cc[nH]c1. The molecule has 1 aromatic carbocycles. The lowest BCUT2D eigenvalue weighted by Crippen LogP contribution is -2.23. The molecule has 5 heteroatoms. The van der Waals surface area contributed by atoms with Crippen LogP contribution in [0.1, 0.15) is 15.9 Å². The lowest BCUT2D eigenvalue weighted by Gasteiger charge is -2.06. The number of carbonyl (C=O) groups is 1. The second kappa shape index (κ2) is 4.69. The van der Waals surface area contributed by atoms with Gasteiger partial charge in [0.05, 0.1) is 5.56 Å². The second-order valence-electron chi connectivity index (χ2n) is 3.63. The molecule has 0 saturated carbocycles. The zero-order valence-electron chi connectivity index (χ0n) is 9.03. The molecule has 0 fully saturated rings. The van der Waals surface area contributed by atoms with E-state index in [9.17, 15) is 9.18 Å². The Hall–Kier alpha value is -2.30. The van der Waals surface area contributed by atoms with Crippen LogP contribution in [0.3, 0.4) is 0 Å². The molecule has 0 bridgehead atoms. The number of hydrogen-bond donors (Lipinski definition) is 3. The Morgan fingerprint density at radius 1 is 1.41 bits per heavy atom. The fraction of sp³-hybridized carbons (Fsp3) is 0.0833. The Morgan fingerprint density at radius 2 is 2.24 bits per heavy atom. The Labute approximate surface area is 97.6 Å². The molecular weight excluding hydrogens is 221 g/mol. The Balaban J connectivity index is 2.07. The summed E-state index contributed by atoms with van der Waals surface area (Å²) in [6, 6.07) is 5.57. The molecule has 0 aliphatic rings. The van der Waals surface area contributed by atoms with Crippen molar-refractivity contribution < 1.29 is 9.18 Å². The van der Waals surface area contributed by atoms with Crippen molar-refractivity contribution in [2.75, 3.05) is 5.73 Å². The minimum Gasteiger partial charge on any atom is -0.398 e. The topological polar surface area (TPSA) is 70.9 Å². The van der Waals surface area contributed by atoms with Crippen molar-refractivity contribution in [3.8, 4) is 0 Å². The van der Waals surface area contributed by atoms with E-state index >= 15 is 0 Å². The first kappa shape index (κ1) is 11.2. The second-order valence-corrected chi connectivity index (χ2v) is 3.63. The van der Waals surface area contributed by atoms with Gasteiger partial charge in [-0.1, -0.05) is 0 Å². The third-order valence-electron chi connectivity index (χ3n) is 2.38. The summed E-state index contributed by atoms with van der Waals surface area (Å²) in [5.41, 5.74) is 6.96. The molecule has 0 saturated heterocycles. The number of rotatable bonds is 3. The maximum atomic E-state index is 13.0. The molecule has 17 heavy (non-hydrogen) atoms. The van der Waals surface area contributed by atoms with E-state index in [1.165, 1.54) is 12.1 Å². The van der Waals surface area contributed by atoms with Gasteiger partial charge in [0.25, 0.3) is 5.91 Å². The van der Waals surface area contributed by atoms with Crippen molar-refractivity contribution in [1.82, 2.24) is 10.3 Å². The first-order valence-corrected chi connectivity index (χ1v) is 5.11. The maximum Gasteiger partial charge on any atom is 0.253 e. The number of amides is 1. The van der Waals surface area contributed by atoms with Gasteiger partial charge in [0.1, 0.15) is 5.82 Å². The predicted molar refractivity (Wildman–Crippen MR) is 62.8 cm³/mol. The van der Waals surface area contributed by atoms with Gasteiger partial charge in [-0.15, -0.1) is 0 Å². The van der Waals surface area contributed by atoms with Gasteiger partial charge in [-0.05, 0) is 29.8 Å². The van der Waals surface area contributed by atoms with E-state index in [-0.39, 0.29) is 17.2 Å². The van der Waals surface area contributed by atoms with Crippen LogP contribution < -0.4 is 11.1 Å². The van der Waals surface area contributed by atoms with Crippen LogP contribution in [-0.2, 0) is 6.54 Å². The average molecular weight is 233 g/mol. The smallest absolute Gasteiger partial charge is 0.253 e. The summed E-state index contributed by atoms with van der Waals surface area (Å²) in [5.74, 6) is -0.866. The van der Waals surface area contributed by atoms with Crippen LogP contribution in [0, 0.1) is 5.82 Å². The van der Waals surface area contributed by atoms with E-state index < -0.39 is 5.82 Å². The summed E-state index contributed by atoms with van der Waals surface area (Å²) < 4.78 is 13.0. The monoisotopic (exact) mass is 233 g/mol. The zero-order valence-corrected chi connectivity index (χ0v) is 9.03. The van der Waals surface area contributed by atoms with E-state index in [0.717, 1.165) is 11.6 Å². The summed E-state index contributed by atoms with van der Waals surface area (Å²) in [6.07, 6.45) is 3.53. The predicted octanol–water partition coefficient (Wildman–Crippen LogP) is 1.67. The lowest BCUT2D eigenvalue weighted by atomic mass is 10.1. The van der Waals surface area contributed by atoms with Gasteiger partial charge in [0.15, 0.2) is 0 Å². The standard InChI is InChI=1S/C12H12FN3O/c13-9-1-2-11(14)10(5-9)12(17)16-7-8-3-4-15-6-8/h1-6,15H,7,14H2,(H,16,17). The van der Waals surface area contributed by atoms with Gasteiger partial charge in [0.2, 0.25) is 0 Å². The van der Waals surface area contributed by atoms with Gasteiger partial charge in [-0.2, -0.15) is 0 Å². The van der Waals surface area contributed by atoms with Crippen molar-refractivity contribution in [2.24, 2.45) is 0 Å². The third-order valence-corrected chi connectivity index (χ3v) is 2.38. The van der Waals surface area contributed by atoms with Crippen molar-refractivity contribution in [1.29, 1.82) is 0 Å². The van der Waals surface area contributed by atoms with Gasteiger partial charge in [-0.25, -0.2) is 4.39 Å². The highest BCUT2D eigenvalue weighted by atomic mass is 19.1. The van der Waals surface area contributed by atoms with Gasteiger partial charge < -0.3 is 16.0 Å². The molecule has 0 spiro atoms. The molecule has 1 aromatic heterocycles. The van der Waals surface area contributed by atoms with E-state index in [0.29, 0.717) is 6.54 Å². The van der Waals surface area contributed by atoms with Gasteiger partial charge in [-0.3, -0.25) is 4.79 Å². The quantitative estimate of drug-likeness (QED) is 0.705. The number of hydrogen-bond acceptors (Lipinski definition) is 2. The molecule has 0 aliphatic carbocycles. The summed E-state index contributed by atoms with van der Waals surface area (Å²) in [4.78, 5) is 14.6. The summed E-state index contributed by atoms with van der Waals surface area (Å²) in [7, 11) is 0. The zero-order chi connectivity index (χ0) is 12.3. The molecule has 4 nitrogen and oxygen atoms in total. The maximum absolute atomic E-state index is 13.0. The minimum absolute atomic E-state index is 0.153. The number of nitrogens with two attached hydrogens (primary N) is 1. The molecule has 0 radical (unpaired) electrons. The molecule has 1 heterocycles. The Bertz CT molecular complexity index is 523. The van der Waals surface area contributed by atoms with Gasteiger partial charge >= 0.3 is 0 Å². The highest BCUT2D eigenvalue weighted by molar-refractivity contribution is 5.99. The fourth-order valence-electron chi connectivity index (χ4n) is 1.47. The minimum atomic E-state index is -0.481. The average Bonchev–Trinajstić information content (AvgIpc) is 2.82. The van der Waals surface area contributed by atoms with Crippen LogP contribution >= 0.6 is 0 Å². The highest BCUT2D eigenvalue weighted by Crippen LogP contribution is 2.13. The number of H-pyrrole nitrogens is 1. The van der Waals surface area contributed by atoms with E-state index in [1.807, 2.05) is 6.07 Å². The lowest BCUT2D eigenvalue weighted by molar-refractivity contribution is 0.0951. The number of nitrogens with one attached hydrogen (secondary N) is 2. The van der Waals surface area contributed by atoms with E-state index in [2.05, 4.69) is 10.3 Å². The van der Waals surface area contributed by atoms with Crippen molar-refractivity contribution in [2.45, 2.75) is 6.54 Å². The molecule has 0 aliphatic heterocycles. The van der Waals surface area contributed by atoms with Crippen molar-refractivity contribution in [3.63, 3.8) is 0 Å². The number of halogens is 1. The van der Waals surface area contributed by atoms with Crippen LogP contribution in [0.15, 0.2) is 36.7 Å². The van der Waals surface area contributed by atoms with E-state index in [4.69, 9.17) is 5.73 Å². The molecule has 2 rings (SSSR count). The highest BCUT2D eigenvalue weighted by Gasteiger charge is 2.10. The number of aromatic nitrogens is 1. The summed E-state index contributed by atoms with van der Waals surface area (Å²) >= 11 is 0. The fourth-order valence-corrected chi connectivity index (χ4v) is 1.47. The first-order chi connectivity index (χ1) is 8.16. The molecule has 0 atom stereocenters. The molecule has 2 aromatic rings. The van der Waals surface area contributed by atoms with Crippen LogP contribution in [0.2, 0.25) is 0 Å². The number of carbonyl (C=O) groups excluding carboxylic acids is 1. The van der Waals surface area contributed by atoms with E-state index in [1.54, 1.807) is 12.4 Å². The normalized spacial score (nSPS) is 10.2. The van der Waals surface area contributed by atoms with Gasteiger partial charge in [0, 0.05) is 24.6 Å². The first-order valence-electron chi connectivity index (χ1n) is 5.11. The van der Waals surface area contributed by atoms with Crippen molar-refractivity contribution in [3.05, 3.63) is 53.6 Å². The van der Waals surface area contributed by atoms with Crippen LogP contribution in [0.25, 0.3) is 0 Å². The molecular formula is C12H12FN3O. The molecule has 1 amide bonds. The number of benzene rings is 1. The largest absolute Gasteiger partial charge is 0.398 e. The van der Waals surface area contributed by atoms with Crippen LogP contribution in [0.5, 0.6) is 0 Å². The number of aromatic amines is 1. The molecule has 0 unspecified atom stereocenters. The summed E-state index contributed by atoms with van der Waals surface area (Å²) in [5, 5.41) is 2.66. The number of nitrogen functional groups attached to an aromatic ring is 1.